The van der Waals surface area contributed by atoms with Crippen molar-refractivity contribution in [2.24, 2.45) is 0 Å². The second kappa shape index (κ2) is 24.7. The van der Waals surface area contributed by atoms with E-state index in [4.69, 9.17) is 9.47 Å². The zero-order valence-electron chi connectivity index (χ0n) is 35.0. The predicted molar refractivity (Wildman–Crippen MR) is 235 cm³/mol. The van der Waals surface area contributed by atoms with E-state index in [1.807, 2.05) is 24.3 Å². The van der Waals surface area contributed by atoms with E-state index in [0.717, 1.165) is 68.8 Å². The minimum Gasteiger partial charge on any atom is -0.507 e. The summed E-state index contributed by atoms with van der Waals surface area (Å²) in [4.78, 5) is 0. The first kappa shape index (κ1) is 43.2. The molecular formula is C52H72O4. The number of aromatic hydroxyl groups is 2. The highest BCUT2D eigenvalue weighted by atomic mass is 16.5. The van der Waals surface area contributed by atoms with Crippen molar-refractivity contribution >= 4 is 0 Å². The molecule has 0 heterocycles. The normalized spacial score (nSPS) is 12.5. The molecular weight excluding hydrogens is 689 g/mol. The molecule has 0 spiro atoms. The minimum atomic E-state index is 0.347. The van der Waals surface area contributed by atoms with Crippen molar-refractivity contribution in [3.05, 3.63) is 117 Å². The molecule has 0 unspecified atom stereocenters. The monoisotopic (exact) mass is 761 g/mol. The topological polar surface area (TPSA) is 58.9 Å². The van der Waals surface area contributed by atoms with E-state index in [9.17, 15) is 10.2 Å². The maximum atomic E-state index is 11.8. The summed E-state index contributed by atoms with van der Waals surface area (Å²) >= 11 is 0. The summed E-state index contributed by atoms with van der Waals surface area (Å²) < 4.78 is 13.3. The predicted octanol–water partition coefficient (Wildman–Crippen LogP) is 14.4. The van der Waals surface area contributed by atoms with Gasteiger partial charge in [-0.05, 0) is 57.3 Å². The molecule has 0 atom stereocenters. The average molecular weight is 761 g/mol. The lowest BCUT2D eigenvalue weighted by molar-refractivity contribution is 0.299. The Labute approximate surface area is 340 Å². The largest absolute Gasteiger partial charge is 0.507 e. The van der Waals surface area contributed by atoms with Crippen molar-refractivity contribution in [3.8, 4) is 23.0 Å². The molecule has 0 radical (unpaired) electrons. The molecule has 4 heteroatoms. The first-order chi connectivity index (χ1) is 27.6. The van der Waals surface area contributed by atoms with Crippen LogP contribution in [0.2, 0.25) is 0 Å². The molecule has 4 aromatic carbocycles. The molecule has 0 saturated carbocycles. The lowest BCUT2D eigenvalue weighted by Gasteiger charge is -2.20. The second-order valence-corrected chi connectivity index (χ2v) is 16.4. The highest BCUT2D eigenvalue weighted by molar-refractivity contribution is 5.55. The van der Waals surface area contributed by atoms with Crippen LogP contribution in [0.1, 0.15) is 187 Å². The van der Waals surface area contributed by atoms with E-state index in [1.165, 1.54) is 116 Å². The van der Waals surface area contributed by atoms with Crippen molar-refractivity contribution < 1.29 is 19.7 Å². The Kier molecular flexibility index (Phi) is 19.0. The number of unbranched alkanes of at least 4 members (excludes halogenated alkanes) is 18. The van der Waals surface area contributed by atoms with E-state index >= 15 is 0 Å². The summed E-state index contributed by atoms with van der Waals surface area (Å²) in [7, 11) is 0. The van der Waals surface area contributed by atoms with Gasteiger partial charge in [-0.15, -0.1) is 0 Å². The minimum absolute atomic E-state index is 0.347. The van der Waals surface area contributed by atoms with Crippen LogP contribution in [0, 0.1) is 0 Å². The van der Waals surface area contributed by atoms with E-state index in [1.54, 1.807) is 0 Å². The molecule has 5 rings (SSSR count). The number of phenols is 2. The van der Waals surface area contributed by atoms with E-state index in [2.05, 4.69) is 62.4 Å². The highest BCUT2D eigenvalue weighted by Gasteiger charge is 2.20. The lowest BCUT2D eigenvalue weighted by atomic mass is 9.91. The lowest BCUT2D eigenvalue weighted by Crippen LogP contribution is -2.07. The molecule has 4 nitrogen and oxygen atoms in total. The molecule has 0 fully saturated rings. The molecule has 1 aliphatic carbocycles. The van der Waals surface area contributed by atoms with Crippen LogP contribution in [-0.2, 0) is 25.7 Å². The van der Waals surface area contributed by atoms with Gasteiger partial charge in [-0.25, -0.2) is 0 Å². The highest BCUT2D eigenvalue weighted by Crippen LogP contribution is 2.38. The summed E-state index contributed by atoms with van der Waals surface area (Å²) in [5.74, 6) is 2.47. The Hall–Kier alpha value is -3.92. The number of phenolic OH excluding ortho intramolecular Hbond substituents is 2. The fourth-order valence-corrected chi connectivity index (χ4v) is 8.41. The third-order valence-corrected chi connectivity index (χ3v) is 11.8. The zero-order chi connectivity index (χ0) is 39.2. The standard InChI is InChI=1S/C52H72O4/c1-3-5-7-9-11-13-15-17-19-21-35-55-51-45-31-25-32-46(51)38-42-28-24-30-44(50(42)54)40-48-34-26-33-47(39-43-29-23-27-41(37-45)49(43)53)52(48)56-36-22-20-18-16-14-12-10-8-6-4-2/h23-34,53-54H,3-22,35-40H2,1-2H3. The van der Waals surface area contributed by atoms with Gasteiger partial charge in [0.15, 0.2) is 0 Å². The molecule has 8 bridgehead atoms. The molecule has 0 amide bonds. The van der Waals surface area contributed by atoms with Gasteiger partial charge < -0.3 is 19.7 Å². The molecule has 4 aromatic rings. The van der Waals surface area contributed by atoms with Crippen LogP contribution in [0.5, 0.6) is 23.0 Å². The van der Waals surface area contributed by atoms with Crippen LogP contribution in [-0.4, -0.2) is 23.4 Å². The van der Waals surface area contributed by atoms with Crippen molar-refractivity contribution in [3.63, 3.8) is 0 Å². The second-order valence-electron chi connectivity index (χ2n) is 16.4. The van der Waals surface area contributed by atoms with Crippen molar-refractivity contribution in [1.29, 1.82) is 0 Å². The fraction of sp³-hybridized carbons (Fsp3) is 0.538. The SMILES string of the molecule is CCCCCCCCCCCCOc1c2cccc1Cc1cccc(c1O)Cc1cccc(c1OCCCCCCCCCCCC)Cc1cccc(c1O)C2. The van der Waals surface area contributed by atoms with Crippen LogP contribution in [0.4, 0.5) is 0 Å². The van der Waals surface area contributed by atoms with E-state index in [-0.39, 0.29) is 0 Å². The Morgan fingerprint density at radius 2 is 0.571 bits per heavy atom. The van der Waals surface area contributed by atoms with Crippen molar-refractivity contribution in [2.75, 3.05) is 13.2 Å². The number of hydrogen-bond donors (Lipinski definition) is 2. The Morgan fingerprint density at radius 3 is 0.839 bits per heavy atom. The quantitative estimate of drug-likeness (QED) is 0.0615. The number of hydrogen-bond acceptors (Lipinski definition) is 4. The molecule has 0 saturated heterocycles. The average Bonchev–Trinajstić information content (AvgIpc) is 3.20. The Bertz CT molecular complexity index is 1510. The summed E-state index contributed by atoms with van der Waals surface area (Å²) in [5, 5.41) is 23.6. The van der Waals surface area contributed by atoms with Gasteiger partial charge in [0.1, 0.15) is 23.0 Å². The Morgan fingerprint density at radius 1 is 0.339 bits per heavy atom. The Balaban J connectivity index is 1.31. The number of para-hydroxylation sites is 4. The van der Waals surface area contributed by atoms with Gasteiger partial charge >= 0.3 is 0 Å². The number of rotatable bonds is 24. The van der Waals surface area contributed by atoms with Crippen LogP contribution in [0.25, 0.3) is 0 Å². The third kappa shape index (κ3) is 13.6. The van der Waals surface area contributed by atoms with Gasteiger partial charge in [0.2, 0.25) is 0 Å². The molecule has 0 aliphatic heterocycles. The van der Waals surface area contributed by atoms with Crippen molar-refractivity contribution in [2.45, 2.75) is 168 Å². The fourth-order valence-electron chi connectivity index (χ4n) is 8.41. The molecule has 0 aromatic heterocycles. The zero-order valence-corrected chi connectivity index (χ0v) is 35.0. The molecule has 304 valence electrons. The number of fused-ring (bicyclic) bond motifs is 8. The third-order valence-electron chi connectivity index (χ3n) is 11.8. The first-order valence-electron chi connectivity index (χ1n) is 22.7. The number of ether oxygens (including phenoxy) is 2. The van der Waals surface area contributed by atoms with Gasteiger partial charge in [-0.1, -0.05) is 202 Å². The summed E-state index contributed by atoms with van der Waals surface area (Å²) in [6.45, 7) is 5.87. The maximum absolute atomic E-state index is 11.8. The van der Waals surface area contributed by atoms with Gasteiger partial charge in [0.25, 0.3) is 0 Å². The van der Waals surface area contributed by atoms with Crippen molar-refractivity contribution in [1.82, 2.24) is 0 Å². The van der Waals surface area contributed by atoms with Gasteiger partial charge in [0, 0.05) is 25.7 Å². The summed E-state index contributed by atoms with van der Waals surface area (Å²) in [6, 6.07) is 25.0. The summed E-state index contributed by atoms with van der Waals surface area (Å²) in [5.41, 5.74) is 7.82. The van der Waals surface area contributed by atoms with Crippen LogP contribution < -0.4 is 9.47 Å². The van der Waals surface area contributed by atoms with Crippen LogP contribution in [0.15, 0.2) is 72.8 Å². The van der Waals surface area contributed by atoms with Gasteiger partial charge in [-0.2, -0.15) is 0 Å². The van der Waals surface area contributed by atoms with Gasteiger partial charge in [-0.3, -0.25) is 0 Å². The van der Waals surface area contributed by atoms with Crippen LogP contribution in [0.3, 0.4) is 0 Å². The maximum Gasteiger partial charge on any atom is 0.126 e. The smallest absolute Gasteiger partial charge is 0.126 e. The number of benzene rings is 4. The molecule has 1 aliphatic rings. The molecule has 2 N–H and O–H groups in total. The summed E-state index contributed by atoms with van der Waals surface area (Å²) in [6.07, 6.45) is 27.9. The van der Waals surface area contributed by atoms with E-state index < -0.39 is 0 Å². The molecule has 56 heavy (non-hydrogen) atoms. The first-order valence-corrected chi connectivity index (χ1v) is 22.7. The van der Waals surface area contributed by atoms with Crippen LogP contribution >= 0.6 is 0 Å². The van der Waals surface area contributed by atoms with Gasteiger partial charge in [0.05, 0.1) is 13.2 Å². The van der Waals surface area contributed by atoms with E-state index in [0.29, 0.717) is 50.4 Å².